The highest BCUT2D eigenvalue weighted by Crippen LogP contribution is 2.21. The van der Waals surface area contributed by atoms with Gasteiger partial charge < -0.3 is 0 Å². The van der Waals surface area contributed by atoms with Gasteiger partial charge in [-0.15, -0.1) is 11.8 Å². The molecule has 2 atom stereocenters. The fourth-order valence-corrected chi connectivity index (χ4v) is 4.26. The Kier molecular flexibility index (Phi) is 22.5. The van der Waals surface area contributed by atoms with Crippen LogP contribution >= 0.6 is 0 Å². The third-order valence-electron chi connectivity index (χ3n) is 6.37. The van der Waals surface area contributed by atoms with Gasteiger partial charge in [0.25, 0.3) is 0 Å². The number of rotatable bonds is 21. The molecule has 0 rings (SSSR count). The largest absolute Gasteiger partial charge is 0.107 e. The van der Waals surface area contributed by atoms with Crippen LogP contribution in [0.2, 0.25) is 0 Å². The van der Waals surface area contributed by atoms with E-state index in [0.717, 1.165) is 18.3 Å². The highest BCUT2D eigenvalue weighted by Gasteiger charge is 2.04. The third kappa shape index (κ3) is 21.9. The molecule has 2 unspecified atom stereocenters. The molecule has 0 amide bonds. The van der Waals surface area contributed by atoms with Crippen LogP contribution in [0.15, 0.2) is 0 Å². The molecule has 0 aromatic carbocycles. The van der Waals surface area contributed by atoms with Crippen LogP contribution in [0.1, 0.15) is 156 Å². The second-order valence-corrected chi connectivity index (χ2v) is 9.49. The molecule has 0 saturated heterocycles. The Morgan fingerprint density at radius 3 is 1.29 bits per heavy atom. The second kappa shape index (κ2) is 22.8. The number of hydrogen-bond acceptors (Lipinski definition) is 0. The molecular formula is C28H54. The average molecular weight is 391 g/mol. The molecule has 0 saturated carbocycles. The lowest BCUT2D eigenvalue weighted by Gasteiger charge is -2.13. The van der Waals surface area contributed by atoms with Crippen molar-refractivity contribution in [3.8, 4) is 11.8 Å². The Morgan fingerprint density at radius 1 is 0.500 bits per heavy atom. The van der Waals surface area contributed by atoms with E-state index in [0.29, 0.717) is 0 Å². The van der Waals surface area contributed by atoms with Crippen LogP contribution < -0.4 is 0 Å². The Labute approximate surface area is 180 Å². The van der Waals surface area contributed by atoms with Crippen molar-refractivity contribution in [2.45, 2.75) is 156 Å². The van der Waals surface area contributed by atoms with Crippen LogP contribution in [0, 0.1) is 23.7 Å². The summed E-state index contributed by atoms with van der Waals surface area (Å²) in [7, 11) is 0. The summed E-state index contributed by atoms with van der Waals surface area (Å²) in [5.74, 6) is 8.06. The van der Waals surface area contributed by atoms with Gasteiger partial charge in [0, 0.05) is 6.42 Å². The van der Waals surface area contributed by atoms with Gasteiger partial charge in [-0.2, -0.15) is 0 Å². The number of hydrogen-bond donors (Lipinski definition) is 0. The SMILES string of the molecule is CC#CCCCCCCCCCC(C)CCCCCC(C)CCCCCCC. The van der Waals surface area contributed by atoms with E-state index in [4.69, 9.17) is 0 Å². The lowest BCUT2D eigenvalue weighted by atomic mass is 9.93. The Hall–Kier alpha value is -0.440. The summed E-state index contributed by atoms with van der Waals surface area (Å²) >= 11 is 0. The molecule has 0 bridgehead atoms. The molecule has 0 aliphatic carbocycles. The minimum Gasteiger partial charge on any atom is -0.107 e. The molecule has 0 spiro atoms. The predicted molar refractivity (Wildman–Crippen MR) is 130 cm³/mol. The highest BCUT2D eigenvalue weighted by molar-refractivity contribution is 4.94. The summed E-state index contributed by atoms with van der Waals surface area (Å²) in [5.41, 5.74) is 0. The lowest BCUT2D eigenvalue weighted by molar-refractivity contribution is 0.408. The van der Waals surface area contributed by atoms with Gasteiger partial charge >= 0.3 is 0 Å². The Morgan fingerprint density at radius 2 is 0.857 bits per heavy atom. The van der Waals surface area contributed by atoms with Gasteiger partial charge in [0.05, 0.1) is 0 Å². The molecule has 0 heterocycles. The van der Waals surface area contributed by atoms with Crippen molar-refractivity contribution in [1.29, 1.82) is 0 Å². The van der Waals surface area contributed by atoms with Crippen LogP contribution in [0.3, 0.4) is 0 Å². The zero-order valence-corrected chi connectivity index (χ0v) is 20.3. The standard InChI is InChI=1S/C28H54/c1-5-7-9-11-12-13-14-15-17-20-24-28(4)26-22-18-21-25-27(3)23-19-16-10-8-6-2/h27-28H,6,8-26H2,1-4H3. The molecule has 28 heavy (non-hydrogen) atoms. The van der Waals surface area contributed by atoms with E-state index in [1.807, 2.05) is 6.92 Å². The van der Waals surface area contributed by atoms with Crippen LogP contribution in [-0.2, 0) is 0 Å². The minimum atomic E-state index is 0.948. The summed E-state index contributed by atoms with van der Waals surface area (Å²) < 4.78 is 0. The van der Waals surface area contributed by atoms with Gasteiger partial charge in [-0.05, 0) is 25.2 Å². The van der Waals surface area contributed by atoms with Crippen molar-refractivity contribution >= 4 is 0 Å². The topological polar surface area (TPSA) is 0 Å². The highest BCUT2D eigenvalue weighted by atomic mass is 14.1. The average Bonchev–Trinajstić information content (AvgIpc) is 2.69. The van der Waals surface area contributed by atoms with Crippen LogP contribution in [0.4, 0.5) is 0 Å². The molecule has 0 aromatic rings. The van der Waals surface area contributed by atoms with Crippen LogP contribution in [0.25, 0.3) is 0 Å². The summed E-state index contributed by atoms with van der Waals surface area (Å²) in [6.07, 6.45) is 28.4. The molecule has 0 radical (unpaired) electrons. The predicted octanol–water partition coefficient (Wildman–Crippen LogP) is 10.1. The first-order chi connectivity index (χ1) is 13.7. The van der Waals surface area contributed by atoms with Crippen molar-refractivity contribution in [3.05, 3.63) is 0 Å². The fraction of sp³-hybridized carbons (Fsp3) is 0.929. The zero-order chi connectivity index (χ0) is 20.7. The second-order valence-electron chi connectivity index (χ2n) is 9.49. The monoisotopic (exact) mass is 390 g/mol. The Balaban J connectivity index is 3.28. The molecule has 166 valence electrons. The number of unbranched alkanes of at least 4 members (excludes halogenated alkanes) is 13. The molecule has 0 N–H and O–H groups in total. The maximum absolute atomic E-state index is 3.17. The van der Waals surface area contributed by atoms with Crippen molar-refractivity contribution in [1.82, 2.24) is 0 Å². The molecule has 0 fully saturated rings. The van der Waals surface area contributed by atoms with E-state index in [1.54, 1.807) is 0 Å². The van der Waals surface area contributed by atoms with Gasteiger partial charge in [0.15, 0.2) is 0 Å². The van der Waals surface area contributed by atoms with E-state index in [2.05, 4.69) is 32.6 Å². The van der Waals surface area contributed by atoms with Crippen molar-refractivity contribution in [2.75, 3.05) is 0 Å². The summed E-state index contributed by atoms with van der Waals surface area (Å²) in [4.78, 5) is 0. The van der Waals surface area contributed by atoms with Gasteiger partial charge in [-0.3, -0.25) is 0 Å². The fourth-order valence-electron chi connectivity index (χ4n) is 4.26. The van der Waals surface area contributed by atoms with Crippen molar-refractivity contribution in [3.63, 3.8) is 0 Å². The van der Waals surface area contributed by atoms with E-state index in [-0.39, 0.29) is 0 Å². The van der Waals surface area contributed by atoms with Gasteiger partial charge in [-0.1, -0.05) is 136 Å². The van der Waals surface area contributed by atoms with E-state index >= 15 is 0 Å². The first-order valence-corrected chi connectivity index (χ1v) is 13.1. The first-order valence-electron chi connectivity index (χ1n) is 13.1. The van der Waals surface area contributed by atoms with Gasteiger partial charge in [-0.25, -0.2) is 0 Å². The van der Waals surface area contributed by atoms with Crippen molar-refractivity contribution in [2.24, 2.45) is 11.8 Å². The lowest BCUT2D eigenvalue weighted by Crippen LogP contribution is -1.97. The zero-order valence-electron chi connectivity index (χ0n) is 20.3. The quantitative estimate of drug-likeness (QED) is 0.135. The minimum absolute atomic E-state index is 0.948. The van der Waals surface area contributed by atoms with E-state index in [9.17, 15) is 0 Å². The molecule has 0 aliphatic heterocycles. The molecule has 0 aliphatic rings. The smallest absolute Gasteiger partial charge is 0.00885 e. The normalized spacial score (nSPS) is 13.1. The third-order valence-corrected chi connectivity index (χ3v) is 6.37. The van der Waals surface area contributed by atoms with Gasteiger partial charge in [0.2, 0.25) is 0 Å². The molecular weight excluding hydrogens is 336 g/mol. The maximum Gasteiger partial charge on any atom is 0.00885 e. The van der Waals surface area contributed by atoms with Gasteiger partial charge in [0.1, 0.15) is 0 Å². The molecule has 0 aromatic heterocycles. The maximum atomic E-state index is 3.17. The summed E-state index contributed by atoms with van der Waals surface area (Å²) in [6.45, 7) is 9.20. The molecule has 0 nitrogen and oxygen atoms in total. The van der Waals surface area contributed by atoms with Crippen LogP contribution in [-0.4, -0.2) is 0 Å². The van der Waals surface area contributed by atoms with Crippen molar-refractivity contribution < 1.29 is 0 Å². The summed E-state index contributed by atoms with van der Waals surface area (Å²) in [5, 5.41) is 0. The van der Waals surface area contributed by atoms with E-state index < -0.39 is 0 Å². The van der Waals surface area contributed by atoms with E-state index in [1.165, 1.54) is 122 Å². The first kappa shape index (κ1) is 27.6. The summed E-state index contributed by atoms with van der Waals surface area (Å²) in [6, 6.07) is 0. The van der Waals surface area contributed by atoms with Crippen LogP contribution in [0.5, 0.6) is 0 Å². The molecule has 0 heteroatoms. The Bertz CT molecular complexity index is 345.